The van der Waals surface area contributed by atoms with Crippen molar-refractivity contribution in [3.05, 3.63) is 84.1 Å². The van der Waals surface area contributed by atoms with Crippen molar-refractivity contribution in [2.24, 2.45) is 5.73 Å². The van der Waals surface area contributed by atoms with Crippen LogP contribution in [-0.2, 0) is 6.54 Å². The Bertz CT molecular complexity index is 1090. The molecule has 1 aromatic heterocycles. The van der Waals surface area contributed by atoms with Crippen LogP contribution < -0.4 is 10.5 Å². The molecule has 4 nitrogen and oxygen atoms in total. The van der Waals surface area contributed by atoms with E-state index in [0.29, 0.717) is 0 Å². The molecular formula is C25H27N3OS. The van der Waals surface area contributed by atoms with Crippen molar-refractivity contribution in [3.8, 4) is 16.9 Å². The average Bonchev–Trinajstić information content (AvgIpc) is 3.22. The van der Waals surface area contributed by atoms with Crippen molar-refractivity contribution in [2.75, 3.05) is 20.7 Å². The van der Waals surface area contributed by atoms with Gasteiger partial charge in [-0.05, 0) is 59.9 Å². The first kappa shape index (κ1) is 20.5. The van der Waals surface area contributed by atoms with Crippen LogP contribution in [0.5, 0.6) is 5.75 Å². The third kappa shape index (κ3) is 4.70. The first-order valence-corrected chi connectivity index (χ1v) is 10.9. The van der Waals surface area contributed by atoms with Gasteiger partial charge in [-0.25, -0.2) is 0 Å². The standard InChI is InChI=1S/C25H27N3OS/c1-28(16-15-23(26)25-22-5-3-4-6-24(22)30-27-25)17-18-7-9-19(10-8-18)20-11-13-21(29-2)14-12-20/h3-14,23H,15-17,26H2,1-2H3. The Morgan fingerprint density at radius 2 is 1.63 bits per heavy atom. The summed E-state index contributed by atoms with van der Waals surface area (Å²) >= 11 is 1.53. The quantitative estimate of drug-likeness (QED) is 0.412. The van der Waals surface area contributed by atoms with Crippen molar-refractivity contribution in [1.29, 1.82) is 0 Å². The topological polar surface area (TPSA) is 51.4 Å². The molecule has 5 heteroatoms. The molecule has 0 aliphatic heterocycles. The summed E-state index contributed by atoms with van der Waals surface area (Å²) in [4.78, 5) is 2.32. The molecule has 0 aliphatic rings. The average molecular weight is 418 g/mol. The van der Waals surface area contributed by atoms with E-state index in [1.807, 2.05) is 18.2 Å². The van der Waals surface area contributed by atoms with Gasteiger partial charge < -0.3 is 15.4 Å². The number of rotatable bonds is 8. The number of nitrogens with two attached hydrogens (primary N) is 1. The predicted molar refractivity (Wildman–Crippen MR) is 126 cm³/mol. The molecular weight excluding hydrogens is 390 g/mol. The second kappa shape index (κ2) is 9.39. The zero-order chi connectivity index (χ0) is 20.9. The van der Waals surface area contributed by atoms with Gasteiger partial charge in [-0.1, -0.05) is 54.6 Å². The summed E-state index contributed by atoms with van der Waals surface area (Å²) in [6.07, 6.45) is 0.883. The van der Waals surface area contributed by atoms with Gasteiger partial charge in [0.25, 0.3) is 0 Å². The highest BCUT2D eigenvalue weighted by molar-refractivity contribution is 7.13. The van der Waals surface area contributed by atoms with Crippen molar-refractivity contribution >= 4 is 21.6 Å². The third-order valence-corrected chi connectivity index (χ3v) is 6.25. The first-order chi connectivity index (χ1) is 14.6. The van der Waals surface area contributed by atoms with Crippen LogP contribution in [0, 0.1) is 0 Å². The Labute approximate surface area is 182 Å². The molecule has 0 radical (unpaired) electrons. The molecule has 0 spiro atoms. The molecule has 0 saturated carbocycles. The van der Waals surface area contributed by atoms with E-state index in [1.54, 1.807) is 7.11 Å². The highest BCUT2D eigenvalue weighted by atomic mass is 32.1. The van der Waals surface area contributed by atoms with Gasteiger partial charge in [0.15, 0.2) is 0 Å². The Hall–Kier alpha value is -2.73. The number of methoxy groups -OCH3 is 1. The normalized spacial score (nSPS) is 12.4. The number of aromatic nitrogens is 1. The van der Waals surface area contributed by atoms with Crippen LogP contribution in [0.25, 0.3) is 21.2 Å². The number of hydrogen-bond acceptors (Lipinski definition) is 5. The maximum absolute atomic E-state index is 6.46. The predicted octanol–water partition coefficient (Wildman–Crippen LogP) is 5.49. The summed E-state index contributed by atoms with van der Waals surface area (Å²) in [5.41, 5.74) is 11.2. The van der Waals surface area contributed by atoms with Crippen LogP contribution in [-0.4, -0.2) is 30.0 Å². The van der Waals surface area contributed by atoms with Crippen LogP contribution in [0.1, 0.15) is 23.7 Å². The van der Waals surface area contributed by atoms with Crippen molar-refractivity contribution < 1.29 is 4.74 Å². The van der Waals surface area contributed by atoms with Gasteiger partial charge in [-0.2, -0.15) is 4.37 Å². The lowest BCUT2D eigenvalue weighted by Crippen LogP contribution is -2.23. The fourth-order valence-corrected chi connectivity index (χ4v) is 4.49. The van der Waals surface area contributed by atoms with E-state index in [9.17, 15) is 0 Å². The maximum atomic E-state index is 6.46. The van der Waals surface area contributed by atoms with Crippen LogP contribution in [0.3, 0.4) is 0 Å². The lowest BCUT2D eigenvalue weighted by atomic mass is 10.0. The molecule has 0 bridgehead atoms. The molecule has 1 atom stereocenters. The van der Waals surface area contributed by atoms with Gasteiger partial charge in [0.05, 0.1) is 17.5 Å². The summed E-state index contributed by atoms with van der Waals surface area (Å²) in [5.74, 6) is 0.876. The fourth-order valence-electron chi connectivity index (χ4n) is 3.65. The minimum absolute atomic E-state index is 0.0407. The first-order valence-electron chi connectivity index (χ1n) is 10.2. The molecule has 3 aromatic carbocycles. The summed E-state index contributed by atoms with van der Waals surface area (Å²) in [5, 5.41) is 1.19. The number of ether oxygens (including phenoxy) is 1. The second-order valence-electron chi connectivity index (χ2n) is 7.62. The Morgan fingerprint density at radius 3 is 2.33 bits per heavy atom. The third-order valence-electron chi connectivity index (χ3n) is 5.41. The number of fused-ring (bicyclic) bond motifs is 1. The minimum atomic E-state index is -0.0407. The molecule has 4 aromatic rings. The monoisotopic (exact) mass is 417 g/mol. The van der Waals surface area contributed by atoms with Gasteiger partial charge in [-0.15, -0.1) is 0 Å². The second-order valence-corrected chi connectivity index (χ2v) is 8.43. The van der Waals surface area contributed by atoms with Crippen LogP contribution in [0.2, 0.25) is 0 Å². The van der Waals surface area contributed by atoms with E-state index in [4.69, 9.17) is 10.5 Å². The summed E-state index contributed by atoms with van der Waals surface area (Å²) < 4.78 is 11.0. The lowest BCUT2D eigenvalue weighted by molar-refractivity contribution is 0.311. The summed E-state index contributed by atoms with van der Waals surface area (Å²) in [7, 11) is 3.83. The van der Waals surface area contributed by atoms with E-state index in [1.165, 1.54) is 38.3 Å². The number of benzene rings is 3. The van der Waals surface area contributed by atoms with Gasteiger partial charge >= 0.3 is 0 Å². The highest BCUT2D eigenvalue weighted by Gasteiger charge is 2.14. The fraction of sp³-hybridized carbons (Fsp3) is 0.240. The molecule has 2 N–H and O–H groups in total. The Morgan fingerprint density at radius 1 is 0.967 bits per heavy atom. The van der Waals surface area contributed by atoms with Gasteiger partial charge in [0, 0.05) is 24.5 Å². The molecule has 0 saturated heterocycles. The molecule has 1 unspecified atom stereocenters. The van der Waals surface area contributed by atoms with Crippen molar-refractivity contribution in [1.82, 2.24) is 9.27 Å². The van der Waals surface area contributed by atoms with Crippen LogP contribution >= 0.6 is 11.5 Å². The number of nitrogens with zero attached hydrogens (tertiary/aromatic N) is 2. The largest absolute Gasteiger partial charge is 0.497 e. The molecule has 4 rings (SSSR count). The zero-order valence-corrected chi connectivity index (χ0v) is 18.2. The Kier molecular flexibility index (Phi) is 6.43. The van der Waals surface area contributed by atoms with Gasteiger partial charge in [0.1, 0.15) is 5.75 Å². The zero-order valence-electron chi connectivity index (χ0n) is 17.4. The van der Waals surface area contributed by atoms with Crippen LogP contribution in [0.15, 0.2) is 72.8 Å². The smallest absolute Gasteiger partial charge is 0.118 e. The molecule has 1 heterocycles. The van der Waals surface area contributed by atoms with Crippen molar-refractivity contribution in [2.45, 2.75) is 19.0 Å². The van der Waals surface area contributed by atoms with Crippen molar-refractivity contribution in [3.63, 3.8) is 0 Å². The lowest BCUT2D eigenvalue weighted by Gasteiger charge is -2.19. The molecule has 0 amide bonds. The number of hydrogen-bond donors (Lipinski definition) is 1. The molecule has 0 fully saturated rings. The van der Waals surface area contributed by atoms with E-state index in [-0.39, 0.29) is 6.04 Å². The molecule has 30 heavy (non-hydrogen) atoms. The SMILES string of the molecule is COc1ccc(-c2ccc(CN(C)CCC(N)c3nsc4ccccc34)cc2)cc1. The molecule has 154 valence electrons. The maximum Gasteiger partial charge on any atom is 0.118 e. The van der Waals surface area contributed by atoms with Gasteiger partial charge in [-0.3, -0.25) is 0 Å². The van der Waals surface area contributed by atoms with E-state index in [2.05, 4.69) is 70.9 Å². The summed E-state index contributed by atoms with van der Waals surface area (Å²) in [6.45, 7) is 1.82. The van der Waals surface area contributed by atoms with E-state index < -0.39 is 0 Å². The minimum Gasteiger partial charge on any atom is -0.497 e. The van der Waals surface area contributed by atoms with E-state index in [0.717, 1.165) is 31.0 Å². The van der Waals surface area contributed by atoms with E-state index >= 15 is 0 Å². The highest BCUT2D eigenvalue weighted by Crippen LogP contribution is 2.27. The Balaban J connectivity index is 1.32. The van der Waals surface area contributed by atoms with Crippen LogP contribution in [0.4, 0.5) is 0 Å². The summed E-state index contributed by atoms with van der Waals surface area (Å²) in [6, 6.07) is 25.2. The van der Waals surface area contributed by atoms with Gasteiger partial charge in [0.2, 0.25) is 0 Å². The molecule has 0 aliphatic carbocycles.